The van der Waals surface area contributed by atoms with Crippen molar-refractivity contribution < 1.29 is 23.9 Å². The second-order valence-corrected chi connectivity index (χ2v) is 7.88. The summed E-state index contributed by atoms with van der Waals surface area (Å²) in [5.41, 5.74) is 1.47. The topological polar surface area (TPSA) is 81.7 Å². The van der Waals surface area contributed by atoms with Crippen molar-refractivity contribution >= 4 is 23.9 Å². The Morgan fingerprint density at radius 2 is 1.93 bits per heavy atom. The molecule has 6 heteroatoms. The van der Waals surface area contributed by atoms with E-state index in [1.807, 2.05) is 48.5 Å². The molecule has 30 heavy (non-hydrogen) atoms. The van der Waals surface area contributed by atoms with Crippen LogP contribution in [0.15, 0.2) is 48.5 Å². The molecule has 2 aromatic carbocycles. The number of para-hydroxylation sites is 2. The average molecular weight is 407 g/mol. The number of carbonyl (C=O) groups is 3. The van der Waals surface area contributed by atoms with Gasteiger partial charge in [-0.3, -0.25) is 9.59 Å². The SMILES string of the molecule is CCOC(=O)C[C@@H]1C[C@]2(C(=O)Nc3ccccc32)[C@H](c2ccccc2OC)[C@H]1C=O. The molecule has 1 fully saturated rings. The highest BCUT2D eigenvalue weighted by Crippen LogP contribution is 2.61. The van der Waals surface area contributed by atoms with Crippen molar-refractivity contribution in [3.8, 4) is 5.75 Å². The van der Waals surface area contributed by atoms with Gasteiger partial charge in [0, 0.05) is 23.9 Å². The van der Waals surface area contributed by atoms with Gasteiger partial charge in [0.05, 0.1) is 19.1 Å². The lowest BCUT2D eigenvalue weighted by Gasteiger charge is -2.32. The molecule has 0 unspecified atom stereocenters. The Labute approximate surface area is 175 Å². The molecule has 0 radical (unpaired) electrons. The molecule has 4 atom stereocenters. The summed E-state index contributed by atoms with van der Waals surface area (Å²) in [6.07, 6.45) is 1.38. The summed E-state index contributed by atoms with van der Waals surface area (Å²) in [5, 5.41) is 3.00. The smallest absolute Gasteiger partial charge is 0.306 e. The molecule has 156 valence electrons. The Balaban J connectivity index is 1.90. The quantitative estimate of drug-likeness (QED) is 0.586. The largest absolute Gasteiger partial charge is 0.496 e. The van der Waals surface area contributed by atoms with Crippen molar-refractivity contribution in [1.29, 1.82) is 0 Å². The molecule has 0 saturated heterocycles. The molecule has 1 saturated carbocycles. The number of nitrogens with one attached hydrogen (secondary N) is 1. The summed E-state index contributed by atoms with van der Waals surface area (Å²) < 4.78 is 10.7. The van der Waals surface area contributed by atoms with E-state index in [4.69, 9.17) is 9.47 Å². The van der Waals surface area contributed by atoms with Crippen LogP contribution in [0.3, 0.4) is 0 Å². The number of benzene rings is 2. The van der Waals surface area contributed by atoms with E-state index < -0.39 is 17.3 Å². The highest BCUT2D eigenvalue weighted by Gasteiger charge is 2.62. The van der Waals surface area contributed by atoms with Crippen LogP contribution in [0.4, 0.5) is 5.69 Å². The lowest BCUT2D eigenvalue weighted by Crippen LogP contribution is -2.38. The van der Waals surface area contributed by atoms with Crippen LogP contribution in [0.25, 0.3) is 0 Å². The first-order valence-corrected chi connectivity index (χ1v) is 10.2. The Kier molecular flexibility index (Phi) is 5.33. The number of methoxy groups -OCH3 is 1. The second kappa shape index (κ2) is 7.94. The van der Waals surface area contributed by atoms with Crippen LogP contribution in [-0.4, -0.2) is 31.9 Å². The lowest BCUT2D eigenvalue weighted by atomic mass is 9.68. The molecule has 1 aliphatic heterocycles. The van der Waals surface area contributed by atoms with E-state index >= 15 is 0 Å². The minimum atomic E-state index is -0.950. The molecule has 1 aliphatic carbocycles. The van der Waals surface area contributed by atoms with Gasteiger partial charge in [-0.2, -0.15) is 0 Å². The third-order valence-electron chi connectivity index (χ3n) is 6.47. The summed E-state index contributed by atoms with van der Waals surface area (Å²) in [5.74, 6) is -1.15. The van der Waals surface area contributed by atoms with Gasteiger partial charge < -0.3 is 19.6 Å². The standard InChI is InChI=1S/C24H25NO5/c1-3-30-21(27)12-15-13-24(18-9-5-6-10-19(18)25-23(24)28)22(17(15)14-26)16-8-4-7-11-20(16)29-2/h4-11,14-15,17,22H,3,12-13H2,1-2H3,(H,25,28)/t15-,17+,22-,24-/m1/s1. The molecule has 0 bridgehead atoms. The number of ether oxygens (including phenoxy) is 2. The van der Waals surface area contributed by atoms with E-state index in [9.17, 15) is 14.4 Å². The zero-order chi connectivity index (χ0) is 21.3. The van der Waals surface area contributed by atoms with Gasteiger partial charge in [0.15, 0.2) is 0 Å². The molecular weight excluding hydrogens is 382 g/mol. The number of fused-ring (bicyclic) bond motifs is 2. The number of aldehydes is 1. The molecule has 4 rings (SSSR count). The summed E-state index contributed by atoms with van der Waals surface area (Å²) >= 11 is 0. The normalized spacial score (nSPS) is 26.9. The van der Waals surface area contributed by atoms with Crippen LogP contribution in [0.1, 0.15) is 36.8 Å². The first-order valence-electron chi connectivity index (χ1n) is 10.2. The Morgan fingerprint density at radius 3 is 2.67 bits per heavy atom. The van der Waals surface area contributed by atoms with E-state index in [2.05, 4.69) is 5.32 Å². The first-order chi connectivity index (χ1) is 14.6. The number of rotatable bonds is 6. The van der Waals surface area contributed by atoms with Gasteiger partial charge in [0.2, 0.25) is 5.91 Å². The number of amides is 1. The minimum absolute atomic E-state index is 0.0973. The van der Waals surface area contributed by atoms with Crippen molar-refractivity contribution in [2.45, 2.75) is 31.1 Å². The zero-order valence-corrected chi connectivity index (χ0v) is 17.1. The highest BCUT2D eigenvalue weighted by atomic mass is 16.5. The summed E-state index contributed by atoms with van der Waals surface area (Å²) in [6.45, 7) is 2.03. The zero-order valence-electron chi connectivity index (χ0n) is 17.1. The Hall–Kier alpha value is -3.15. The Bertz CT molecular complexity index is 987. The molecule has 6 nitrogen and oxygen atoms in total. The molecular formula is C24H25NO5. The van der Waals surface area contributed by atoms with Gasteiger partial charge in [-0.25, -0.2) is 0 Å². The van der Waals surface area contributed by atoms with Crippen LogP contribution in [0.2, 0.25) is 0 Å². The van der Waals surface area contributed by atoms with Crippen molar-refractivity contribution in [3.05, 3.63) is 59.7 Å². The van der Waals surface area contributed by atoms with Gasteiger partial charge >= 0.3 is 5.97 Å². The average Bonchev–Trinajstić information content (AvgIpc) is 3.22. The minimum Gasteiger partial charge on any atom is -0.496 e. The third-order valence-corrected chi connectivity index (χ3v) is 6.47. The van der Waals surface area contributed by atoms with Crippen molar-refractivity contribution in [2.75, 3.05) is 19.0 Å². The van der Waals surface area contributed by atoms with Crippen LogP contribution in [0.5, 0.6) is 5.75 Å². The monoisotopic (exact) mass is 407 g/mol. The fourth-order valence-corrected chi connectivity index (χ4v) is 5.35. The number of carbonyl (C=O) groups excluding carboxylic acids is 3. The van der Waals surface area contributed by atoms with Gasteiger partial charge in [-0.05, 0) is 42.5 Å². The molecule has 1 spiro atoms. The fourth-order valence-electron chi connectivity index (χ4n) is 5.35. The number of hydrogen-bond donors (Lipinski definition) is 1. The third kappa shape index (κ3) is 2.98. The van der Waals surface area contributed by atoms with E-state index in [0.717, 1.165) is 23.1 Å². The van der Waals surface area contributed by atoms with Crippen LogP contribution in [-0.2, 0) is 24.5 Å². The number of hydrogen-bond acceptors (Lipinski definition) is 5. The van der Waals surface area contributed by atoms with Gasteiger partial charge in [-0.1, -0.05) is 36.4 Å². The van der Waals surface area contributed by atoms with E-state index in [-0.39, 0.29) is 30.8 Å². The molecule has 0 aromatic heterocycles. The molecule has 2 aromatic rings. The predicted octanol–water partition coefficient (Wildman–Crippen LogP) is 3.46. The van der Waals surface area contributed by atoms with E-state index in [1.54, 1.807) is 14.0 Å². The van der Waals surface area contributed by atoms with E-state index in [1.165, 1.54) is 0 Å². The maximum atomic E-state index is 13.5. The second-order valence-electron chi connectivity index (χ2n) is 7.88. The van der Waals surface area contributed by atoms with Gasteiger partial charge in [-0.15, -0.1) is 0 Å². The van der Waals surface area contributed by atoms with Gasteiger partial charge in [0.1, 0.15) is 12.0 Å². The number of esters is 1. The molecule has 1 N–H and O–H groups in total. The summed E-state index contributed by atoms with van der Waals surface area (Å²) in [6, 6.07) is 15.1. The predicted molar refractivity (Wildman–Crippen MR) is 111 cm³/mol. The van der Waals surface area contributed by atoms with E-state index in [0.29, 0.717) is 12.2 Å². The Morgan fingerprint density at radius 1 is 1.20 bits per heavy atom. The molecule has 2 aliphatic rings. The summed E-state index contributed by atoms with van der Waals surface area (Å²) in [4.78, 5) is 38.1. The molecule has 1 amide bonds. The first kappa shape index (κ1) is 20.1. The maximum Gasteiger partial charge on any atom is 0.306 e. The summed E-state index contributed by atoms with van der Waals surface area (Å²) in [7, 11) is 1.58. The molecule has 1 heterocycles. The van der Waals surface area contributed by atoms with Crippen LogP contribution >= 0.6 is 0 Å². The van der Waals surface area contributed by atoms with Crippen LogP contribution in [0, 0.1) is 11.8 Å². The maximum absolute atomic E-state index is 13.5. The van der Waals surface area contributed by atoms with Crippen molar-refractivity contribution in [3.63, 3.8) is 0 Å². The fraction of sp³-hybridized carbons (Fsp3) is 0.375. The van der Waals surface area contributed by atoms with Crippen molar-refractivity contribution in [1.82, 2.24) is 0 Å². The lowest BCUT2D eigenvalue weighted by molar-refractivity contribution is -0.144. The highest BCUT2D eigenvalue weighted by molar-refractivity contribution is 6.08. The number of anilines is 1. The van der Waals surface area contributed by atoms with Gasteiger partial charge in [0.25, 0.3) is 0 Å². The van der Waals surface area contributed by atoms with Crippen LogP contribution < -0.4 is 10.1 Å². The van der Waals surface area contributed by atoms with Crippen molar-refractivity contribution in [2.24, 2.45) is 11.8 Å².